The summed E-state index contributed by atoms with van der Waals surface area (Å²) in [5, 5.41) is 5.75. The maximum atomic E-state index is 11.9. The summed E-state index contributed by atoms with van der Waals surface area (Å²) >= 11 is 0. The van der Waals surface area contributed by atoms with Crippen LogP contribution in [0.3, 0.4) is 0 Å². The monoisotopic (exact) mass is 251 g/mol. The van der Waals surface area contributed by atoms with E-state index in [0.717, 1.165) is 25.1 Å². The van der Waals surface area contributed by atoms with Crippen molar-refractivity contribution in [3.05, 3.63) is 18.2 Å². The topological polar surface area (TPSA) is 113 Å². The molecule has 2 amide bonds. The maximum absolute atomic E-state index is 11.9. The Bertz CT molecular complexity index is 411. The Morgan fingerprint density at radius 1 is 1.61 bits per heavy atom. The van der Waals surface area contributed by atoms with Crippen molar-refractivity contribution in [3.8, 4) is 0 Å². The van der Waals surface area contributed by atoms with Gasteiger partial charge in [-0.2, -0.15) is 0 Å². The van der Waals surface area contributed by atoms with Crippen LogP contribution >= 0.6 is 0 Å². The highest BCUT2D eigenvalue weighted by Gasteiger charge is 2.26. The molecular formula is C11H17N5O2. The van der Waals surface area contributed by atoms with Gasteiger partial charge >= 0.3 is 0 Å². The molecule has 0 bridgehead atoms. The first kappa shape index (κ1) is 12.6. The third-order valence-corrected chi connectivity index (χ3v) is 3.02. The molecule has 7 heteroatoms. The van der Waals surface area contributed by atoms with Gasteiger partial charge in [-0.15, -0.1) is 0 Å². The SMILES string of the molecule is NC(=O)C(Cc1cnc[nH]1)NC(=O)C1CCCN1. The Morgan fingerprint density at radius 3 is 3.00 bits per heavy atom. The van der Waals surface area contributed by atoms with Gasteiger partial charge in [0, 0.05) is 18.3 Å². The van der Waals surface area contributed by atoms with E-state index in [2.05, 4.69) is 20.6 Å². The first-order valence-electron chi connectivity index (χ1n) is 5.97. The van der Waals surface area contributed by atoms with Crippen LogP contribution in [0, 0.1) is 0 Å². The highest BCUT2D eigenvalue weighted by Crippen LogP contribution is 2.06. The van der Waals surface area contributed by atoms with Gasteiger partial charge in [-0.3, -0.25) is 9.59 Å². The fraction of sp³-hybridized carbons (Fsp3) is 0.545. The summed E-state index contributed by atoms with van der Waals surface area (Å²) in [6.45, 7) is 0.833. The third kappa shape index (κ3) is 3.07. The summed E-state index contributed by atoms with van der Waals surface area (Å²) in [4.78, 5) is 29.9. The number of aromatic nitrogens is 2. The molecule has 0 aromatic carbocycles. The minimum atomic E-state index is -0.708. The van der Waals surface area contributed by atoms with Gasteiger partial charge in [0.25, 0.3) is 0 Å². The number of nitrogens with two attached hydrogens (primary N) is 1. The standard InChI is InChI=1S/C11H17N5O2/c12-10(17)9(4-7-5-13-6-15-7)16-11(18)8-2-1-3-14-8/h5-6,8-9,14H,1-4H2,(H2,12,17)(H,13,15)(H,16,18). The second-order valence-corrected chi connectivity index (χ2v) is 4.39. The van der Waals surface area contributed by atoms with Crippen LogP contribution in [0.4, 0.5) is 0 Å². The molecular weight excluding hydrogens is 234 g/mol. The highest BCUT2D eigenvalue weighted by molar-refractivity contribution is 5.89. The van der Waals surface area contributed by atoms with E-state index in [1.54, 1.807) is 6.20 Å². The van der Waals surface area contributed by atoms with Gasteiger partial charge in [0.15, 0.2) is 0 Å². The van der Waals surface area contributed by atoms with E-state index < -0.39 is 11.9 Å². The van der Waals surface area contributed by atoms with Gasteiger partial charge in [0.1, 0.15) is 6.04 Å². The number of primary amides is 1. The molecule has 2 atom stereocenters. The van der Waals surface area contributed by atoms with E-state index in [1.807, 2.05) is 0 Å². The highest BCUT2D eigenvalue weighted by atomic mass is 16.2. The molecule has 1 saturated heterocycles. The van der Waals surface area contributed by atoms with E-state index in [-0.39, 0.29) is 11.9 Å². The van der Waals surface area contributed by atoms with Crippen molar-refractivity contribution in [2.45, 2.75) is 31.3 Å². The Hall–Kier alpha value is -1.89. The lowest BCUT2D eigenvalue weighted by molar-refractivity contribution is -0.128. The molecule has 2 heterocycles. The Balaban J connectivity index is 1.93. The minimum absolute atomic E-state index is 0.171. The second-order valence-electron chi connectivity index (χ2n) is 4.39. The minimum Gasteiger partial charge on any atom is -0.368 e. The predicted molar refractivity (Wildman–Crippen MR) is 64.4 cm³/mol. The van der Waals surface area contributed by atoms with Crippen molar-refractivity contribution >= 4 is 11.8 Å². The summed E-state index contributed by atoms with van der Waals surface area (Å²) in [5.41, 5.74) is 6.05. The van der Waals surface area contributed by atoms with E-state index in [4.69, 9.17) is 5.73 Å². The summed E-state index contributed by atoms with van der Waals surface area (Å²) in [5.74, 6) is -0.716. The lowest BCUT2D eigenvalue weighted by atomic mass is 10.1. The number of H-pyrrole nitrogens is 1. The normalized spacial score (nSPS) is 20.6. The number of hydrogen-bond acceptors (Lipinski definition) is 4. The van der Waals surface area contributed by atoms with Gasteiger partial charge in [0.2, 0.25) is 11.8 Å². The maximum Gasteiger partial charge on any atom is 0.240 e. The van der Waals surface area contributed by atoms with Gasteiger partial charge in [0.05, 0.1) is 12.4 Å². The molecule has 1 aliphatic rings. The number of aromatic amines is 1. The molecule has 1 aromatic rings. The molecule has 2 unspecified atom stereocenters. The molecule has 0 saturated carbocycles. The van der Waals surface area contributed by atoms with Gasteiger partial charge in [-0.1, -0.05) is 0 Å². The molecule has 1 aliphatic heterocycles. The molecule has 7 nitrogen and oxygen atoms in total. The first-order valence-corrected chi connectivity index (χ1v) is 5.97. The molecule has 1 fully saturated rings. The van der Waals surface area contributed by atoms with Crippen LogP contribution in [0.25, 0.3) is 0 Å². The number of rotatable bonds is 5. The largest absolute Gasteiger partial charge is 0.368 e. The number of carbonyl (C=O) groups excluding carboxylic acids is 2. The first-order chi connectivity index (χ1) is 8.66. The van der Waals surface area contributed by atoms with Gasteiger partial charge < -0.3 is 21.4 Å². The summed E-state index contributed by atoms with van der Waals surface area (Å²) in [6, 6.07) is -0.922. The van der Waals surface area contributed by atoms with Crippen LogP contribution in [-0.2, 0) is 16.0 Å². The Kier molecular flexibility index (Phi) is 3.93. The zero-order valence-electron chi connectivity index (χ0n) is 9.98. The fourth-order valence-electron chi connectivity index (χ4n) is 2.02. The summed E-state index contributed by atoms with van der Waals surface area (Å²) in [7, 11) is 0. The van der Waals surface area contributed by atoms with E-state index in [0.29, 0.717) is 6.42 Å². The summed E-state index contributed by atoms with van der Waals surface area (Å²) < 4.78 is 0. The zero-order chi connectivity index (χ0) is 13.0. The van der Waals surface area contributed by atoms with Crippen molar-refractivity contribution in [1.29, 1.82) is 0 Å². The van der Waals surface area contributed by atoms with Crippen LogP contribution in [0.15, 0.2) is 12.5 Å². The summed E-state index contributed by atoms with van der Waals surface area (Å²) in [6.07, 6.45) is 5.22. The average Bonchev–Trinajstić information content (AvgIpc) is 3.00. The number of amides is 2. The van der Waals surface area contributed by atoms with Crippen LogP contribution in [0.1, 0.15) is 18.5 Å². The van der Waals surface area contributed by atoms with Crippen LogP contribution in [-0.4, -0.2) is 40.4 Å². The number of carbonyl (C=O) groups is 2. The van der Waals surface area contributed by atoms with E-state index in [1.165, 1.54) is 6.33 Å². The molecule has 2 rings (SSSR count). The second kappa shape index (κ2) is 5.63. The predicted octanol–water partition coefficient (Wildman–Crippen LogP) is -1.33. The molecule has 0 spiro atoms. The average molecular weight is 251 g/mol. The van der Waals surface area contributed by atoms with Gasteiger partial charge in [-0.05, 0) is 19.4 Å². The molecule has 0 aliphatic carbocycles. The molecule has 98 valence electrons. The number of imidazole rings is 1. The fourth-order valence-corrected chi connectivity index (χ4v) is 2.02. The Labute approximate surface area is 105 Å². The lowest BCUT2D eigenvalue weighted by Crippen LogP contribution is -2.51. The van der Waals surface area contributed by atoms with Crippen molar-refractivity contribution < 1.29 is 9.59 Å². The van der Waals surface area contributed by atoms with Crippen LogP contribution < -0.4 is 16.4 Å². The quantitative estimate of drug-likeness (QED) is 0.519. The van der Waals surface area contributed by atoms with Crippen molar-refractivity contribution in [1.82, 2.24) is 20.6 Å². The van der Waals surface area contributed by atoms with Crippen LogP contribution in [0.2, 0.25) is 0 Å². The van der Waals surface area contributed by atoms with Crippen molar-refractivity contribution in [2.24, 2.45) is 5.73 Å². The van der Waals surface area contributed by atoms with E-state index in [9.17, 15) is 9.59 Å². The number of nitrogens with zero attached hydrogens (tertiary/aromatic N) is 1. The van der Waals surface area contributed by atoms with E-state index >= 15 is 0 Å². The zero-order valence-corrected chi connectivity index (χ0v) is 9.98. The lowest BCUT2D eigenvalue weighted by Gasteiger charge is -2.17. The molecule has 1 aromatic heterocycles. The molecule has 0 radical (unpaired) electrons. The molecule has 5 N–H and O–H groups in total. The van der Waals surface area contributed by atoms with Crippen molar-refractivity contribution in [2.75, 3.05) is 6.54 Å². The molecule has 18 heavy (non-hydrogen) atoms. The van der Waals surface area contributed by atoms with Crippen molar-refractivity contribution in [3.63, 3.8) is 0 Å². The van der Waals surface area contributed by atoms with Crippen LogP contribution in [0.5, 0.6) is 0 Å². The number of hydrogen-bond donors (Lipinski definition) is 4. The third-order valence-electron chi connectivity index (χ3n) is 3.02. The smallest absolute Gasteiger partial charge is 0.240 e. The number of nitrogens with one attached hydrogen (secondary N) is 3. The van der Waals surface area contributed by atoms with Gasteiger partial charge in [-0.25, -0.2) is 4.98 Å². The Morgan fingerprint density at radius 2 is 2.44 bits per heavy atom.